The van der Waals surface area contributed by atoms with E-state index in [1.54, 1.807) is 12.4 Å². The molecule has 6 heteroatoms. The van der Waals surface area contributed by atoms with Gasteiger partial charge in [0, 0.05) is 42.8 Å². The molecule has 2 heterocycles. The van der Waals surface area contributed by atoms with Gasteiger partial charge in [0.05, 0.1) is 5.75 Å². The highest BCUT2D eigenvalue weighted by Gasteiger charge is 2.16. The Labute approximate surface area is 111 Å². The summed E-state index contributed by atoms with van der Waals surface area (Å²) in [5, 5.41) is 6.12. The van der Waals surface area contributed by atoms with E-state index in [1.807, 2.05) is 12.1 Å². The van der Waals surface area contributed by atoms with Crippen LogP contribution in [0, 0.1) is 5.92 Å². The van der Waals surface area contributed by atoms with Crippen molar-refractivity contribution >= 4 is 30.1 Å². The summed E-state index contributed by atoms with van der Waals surface area (Å²) in [6.07, 6.45) is 3.47. The van der Waals surface area contributed by atoms with Crippen molar-refractivity contribution in [2.75, 3.05) is 25.4 Å². The minimum absolute atomic E-state index is 0. The molecule has 2 N–H and O–H groups in total. The maximum absolute atomic E-state index is 11.5. The van der Waals surface area contributed by atoms with Gasteiger partial charge < -0.3 is 10.6 Å². The molecule has 1 aromatic rings. The lowest BCUT2D eigenvalue weighted by Crippen LogP contribution is -2.48. The number of aromatic nitrogens is 1. The van der Waals surface area contributed by atoms with Crippen LogP contribution in [0.1, 0.15) is 0 Å². The Bertz CT molecular complexity index is 346. The Morgan fingerprint density at radius 3 is 2.76 bits per heavy atom. The van der Waals surface area contributed by atoms with E-state index in [0.29, 0.717) is 11.7 Å². The van der Waals surface area contributed by atoms with Crippen LogP contribution in [0.2, 0.25) is 0 Å². The first kappa shape index (κ1) is 14.3. The van der Waals surface area contributed by atoms with Gasteiger partial charge in [-0.1, -0.05) is 0 Å². The number of nitrogens with one attached hydrogen (secondary N) is 2. The fraction of sp³-hybridized carbons (Fsp3) is 0.455. The van der Waals surface area contributed by atoms with Crippen LogP contribution in [0.4, 0.5) is 0 Å². The lowest BCUT2D eigenvalue weighted by molar-refractivity contribution is -0.118. The largest absolute Gasteiger partial charge is 0.355 e. The molecule has 0 spiro atoms. The molecule has 0 atom stereocenters. The van der Waals surface area contributed by atoms with Gasteiger partial charge in [0.2, 0.25) is 5.91 Å². The highest BCUT2D eigenvalue weighted by atomic mass is 35.5. The van der Waals surface area contributed by atoms with Crippen LogP contribution in [-0.2, 0) is 4.79 Å². The first-order valence-electron chi connectivity index (χ1n) is 5.35. The maximum Gasteiger partial charge on any atom is 0.230 e. The number of rotatable bonds is 5. The van der Waals surface area contributed by atoms with Crippen LogP contribution < -0.4 is 10.6 Å². The van der Waals surface area contributed by atoms with E-state index in [1.165, 1.54) is 11.8 Å². The minimum atomic E-state index is 0. The molecule has 1 aromatic heterocycles. The Balaban J connectivity index is 0.00000144. The fourth-order valence-corrected chi connectivity index (χ4v) is 2.10. The van der Waals surface area contributed by atoms with Gasteiger partial charge in [0.1, 0.15) is 0 Å². The van der Waals surface area contributed by atoms with Gasteiger partial charge in [0.15, 0.2) is 0 Å². The summed E-state index contributed by atoms with van der Waals surface area (Å²) in [6.45, 7) is 2.85. The van der Waals surface area contributed by atoms with Gasteiger partial charge in [-0.2, -0.15) is 0 Å². The number of halogens is 1. The van der Waals surface area contributed by atoms with Gasteiger partial charge in [-0.25, -0.2) is 0 Å². The van der Waals surface area contributed by atoms with E-state index in [9.17, 15) is 4.79 Å². The third kappa shape index (κ3) is 4.93. The van der Waals surface area contributed by atoms with Crippen LogP contribution in [-0.4, -0.2) is 36.3 Å². The summed E-state index contributed by atoms with van der Waals surface area (Å²) in [5.41, 5.74) is 0. The Kier molecular flexibility index (Phi) is 6.32. The van der Waals surface area contributed by atoms with Crippen molar-refractivity contribution in [1.29, 1.82) is 0 Å². The molecular formula is C11H16ClN3OS. The molecule has 0 aliphatic carbocycles. The second-order valence-corrected chi connectivity index (χ2v) is 4.85. The number of pyridine rings is 1. The number of amides is 1. The van der Waals surface area contributed by atoms with E-state index >= 15 is 0 Å². The fourth-order valence-electron chi connectivity index (χ4n) is 1.39. The molecule has 94 valence electrons. The SMILES string of the molecule is Cl.O=C(CSc1ccncc1)NCC1CNC1. The van der Waals surface area contributed by atoms with Gasteiger partial charge in [-0.15, -0.1) is 24.2 Å². The van der Waals surface area contributed by atoms with Crippen LogP contribution in [0.5, 0.6) is 0 Å². The number of carbonyl (C=O) groups excluding carboxylic acids is 1. The molecule has 1 aliphatic rings. The van der Waals surface area contributed by atoms with Gasteiger partial charge in [0.25, 0.3) is 0 Å². The number of nitrogens with zero attached hydrogens (tertiary/aromatic N) is 1. The lowest BCUT2D eigenvalue weighted by Gasteiger charge is -2.27. The third-order valence-corrected chi connectivity index (χ3v) is 3.49. The molecule has 0 aromatic carbocycles. The van der Waals surface area contributed by atoms with Crippen LogP contribution in [0.3, 0.4) is 0 Å². The zero-order valence-corrected chi connectivity index (χ0v) is 11.0. The number of thioether (sulfide) groups is 1. The Hall–Kier alpha value is -0.780. The second kappa shape index (κ2) is 7.53. The molecular weight excluding hydrogens is 258 g/mol. The van der Waals surface area contributed by atoms with Gasteiger partial charge in [-0.3, -0.25) is 9.78 Å². The van der Waals surface area contributed by atoms with Crippen LogP contribution in [0.25, 0.3) is 0 Å². The monoisotopic (exact) mass is 273 g/mol. The number of carbonyl (C=O) groups is 1. The van der Waals surface area contributed by atoms with Crippen LogP contribution in [0.15, 0.2) is 29.4 Å². The average molecular weight is 274 g/mol. The molecule has 2 rings (SSSR count). The van der Waals surface area contributed by atoms with Crippen LogP contribution >= 0.6 is 24.2 Å². The summed E-state index contributed by atoms with van der Waals surface area (Å²) in [6, 6.07) is 3.82. The predicted octanol–water partition coefficient (Wildman–Crippen LogP) is 0.931. The number of hydrogen-bond donors (Lipinski definition) is 2. The van der Waals surface area contributed by atoms with E-state index in [4.69, 9.17) is 0 Å². The van der Waals surface area contributed by atoms with E-state index < -0.39 is 0 Å². The molecule has 0 saturated carbocycles. The van der Waals surface area contributed by atoms with Gasteiger partial charge in [-0.05, 0) is 12.1 Å². The third-order valence-electron chi connectivity index (χ3n) is 2.47. The van der Waals surface area contributed by atoms with Crippen molar-refractivity contribution in [3.63, 3.8) is 0 Å². The summed E-state index contributed by atoms with van der Waals surface area (Å²) in [4.78, 5) is 16.5. The van der Waals surface area contributed by atoms with Crippen molar-refractivity contribution in [3.8, 4) is 0 Å². The maximum atomic E-state index is 11.5. The lowest BCUT2D eigenvalue weighted by atomic mass is 10.0. The summed E-state index contributed by atoms with van der Waals surface area (Å²) in [5.74, 6) is 1.20. The van der Waals surface area contributed by atoms with E-state index in [-0.39, 0.29) is 18.3 Å². The topological polar surface area (TPSA) is 54.0 Å². The summed E-state index contributed by atoms with van der Waals surface area (Å²) >= 11 is 1.54. The quantitative estimate of drug-likeness (QED) is 0.784. The standard InChI is InChI=1S/C11H15N3OS.ClH/c15-11(14-7-9-5-13-6-9)8-16-10-1-3-12-4-2-10;/h1-4,9,13H,5-8H2,(H,14,15);1H. The zero-order valence-electron chi connectivity index (χ0n) is 9.39. The predicted molar refractivity (Wildman–Crippen MR) is 71.6 cm³/mol. The summed E-state index contributed by atoms with van der Waals surface area (Å²) < 4.78 is 0. The first-order chi connectivity index (χ1) is 7.84. The highest BCUT2D eigenvalue weighted by Crippen LogP contribution is 2.15. The Morgan fingerprint density at radius 2 is 2.18 bits per heavy atom. The molecule has 0 bridgehead atoms. The van der Waals surface area contributed by atoms with E-state index in [2.05, 4.69) is 15.6 Å². The normalized spacial score (nSPS) is 14.6. The molecule has 1 saturated heterocycles. The molecule has 1 aliphatic heterocycles. The average Bonchev–Trinajstić information content (AvgIpc) is 2.26. The molecule has 1 amide bonds. The van der Waals surface area contributed by atoms with Crippen molar-refractivity contribution in [1.82, 2.24) is 15.6 Å². The molecule has 0 unspecified atom stereocenters. The zero-order chi connectivity index (χ0) is 11.2. The molecule has 4 nitrogen and oxygen atoms in total. The van der Waals surface area contributed by atoms with Crippen molar-refractivity contribution in [2.24, 2.45) is 5.92 Å². The highest BCUT2D eigenvalue weighted by molar-refractivity contribution is 8.00. The van der Waals surface area contributed by atoms with Crippen molar-refractivity contribution in [3.05, 3.63) is 24.5 Å². The number of hydrogen-bond acceptors (Lipinski definition) is 4. The van der Waals surface area contributed by atoms with Crippen molar-refractivity contribution < 1.29 is 4.79 Å². The first-order valence-corrected chi connectivity index (χ1v) is 6.33. The molecule has 0 radical (unpaired) electrons. The van der Waals surface area contributed by atoms with Crippen molar-refractivity contribution in [2.45, 2.75) is 4.90 Å². The minimum Gasteiger partial charge on any atom is -0.355 e. The van der Waals surface area contributed by atoms with Gasteiger partial charge >= 0.3 is 0 Å². The molecule has 17 heavy (non-hydrogen) atoms. The second-order valence-electron chi connectivity index (χ2n) is 3.80. The Morgan fingerprint density at radius 1 is 1.47 bits per heavy atom. The molecule has 1 fully saturated rings. The smallest absolute Gasteiger partial charge is 0.230 e. The van der Waals surface area contributed by atoms with E-state index in [0.717, 1.165) is 24.5 Å². The summed E-state index contributed by atoms with van der Waals surface area (Å²) in [7, 11) is 0.